The summed E-state index contributed by atoms with van der Waals surface area (Å²) in [5, 5.41) is 3.21. The Hall–Kier alpha value is -2.85. The minimum Gasteiger partial charge on any atom is -0.456 e. The summed E-state index contributed by atoms with van der Waals surface area (Å²) in [6, 6.07) is 22.7. The van der Waals surface area contributed by atoms with Gasteiger partial charge in [0.05, 0.1) is 0 Å². The van der Waals surface area contributed by atoms with Gasteiger partial charge in [0, 0.05) is 18.0 Å². The number of amides is 1. The van der Waals surface area contributed by atoms with Crippen LogP contribution in [0.15, 0.2) is 71.1 Å². The minimum atomic E-state index is -0.106. The summed E-state index contributed by atoms with van der Waals surface area (Å²) >= 11 is 0. The molecular weight excluding hydrogens is 396 g/mol. The summed E-state index contributed by atoms with van der Waals surface area (Å²) in [6.07, 6.45) is 5.84. The van der Waals surface area contributed by atoms with E-state index in [9.17, 15) is 4.79 Å². The number of furan rings is 1. The molecule has 0 spiro atoms. The van der Waals surface area contributed by atoms with E-state index in [1.165, 1.54) is 16.7 Å². The maximum Gasteiger partial charge on any atom is 0.287 e. The zero-order valence-corrected chi connectivity index (χ0v) is 19.4. The highest BCUT2D eigenvalue weighted by atomic mass is 16.3. The molecule has 1 amide bonds. The Morgan fingerprint density at radius 2 is 1.69 bits per heavy atom. The van der Waals surface area contributed by atoms with Gasteiger partial charge >= 0.3 is 0 Å². The number of nitrogens with zero attached hydrogens (tertiary/aromatic N) is 1. The van der Waals surface area contributed by atoms with E-state index < -0.39 is 0 Å². The highest BCUT2D eigenvalue weighted by Crippen LogP contribution is 2.36. The molecule has 1 aromatic heterocycles. The fourth-order valence-corrected chi connectivity index (χ4v) is 4.89. The quantitative estimate of drug-likeness (QED) is 0.546. The summed E-state index contributed by atoms with van der Waals surface area (Å²) in [4.78, 5) is 15.2. The fourth-order valence-electron chi connectivity index (χ4n) is 4.89. The number of benzene rings is 2. The fraction of sp³-hybridized carbons (Fsp3) is 0.393. The van der Waals surface area contributed by atoms with Crippen LogP contribution in [0.1, 0.15) is 58.7 Å². The van der Waals surface area contributed by atoms with Crippen molar-refractivity contribution in [3.05, 3.63) is 94.9 Å². The molecule has 0 bridgehead atoms. The van der Waals surface area contributed by atoms with Crippen LogP contribution in [0.4, 0.5) is 0 Å². The molecule has 3 aromatic rings. The van der Waals surface area contributed by atoms with E-state index in [0.29, 0.717) is 12.2 Å². The molecule has 0 saturated heterocycles. The second kappa shape index (κ2) is 9.74. The first-order chi connectivity index (χ1) is 15.4. The van der Waals surface area contributed by atoms with Gasteiger partial charge in [0.1, 0.15) is 5.76 Å². The molecular formula is C28H34N2O2. The molecule has 0 aliphatic heterocycles. The maximum absolute atomic E-state index is 12.8. The third kappa shape index (κ3) is 5.13. The van der Waals surface area contributed by atoms with Crippen LogP contribution >= 0.6 is 0 Å². The predicted octanol–water partition coefficient (Wildman–Crippen LogP) is 5.39. The van der Waals surface area contributed by atoms with Crippen molar-refractivity contribution in [3.63, 3.8) is 0 Å². The van der Waals surface area contributed by atoms with Crippen LogP contribution in [-0.4, -0.2) is 36.5 Å². The Morgan fingerprint density at radius 1 is 1.00 bits per heavy atom. The average Bonchev–Trinajstić information content (AvgIpc) is 3.26. The normalized spacial score (nSPS) is 20.9. The van der Waals surface area contributed by atoms with Crippen LogP contribution in [-0.2, 0) is 12.8 Å². The molecule has 1 saturated carbocycles. The molecule has 32 heavy (non-hydrogen) atoms. The van der Waals surface area contributed by atoms with Gasteiger partial charge in [-0.2, -0.15) is 0 Å². The van der Waals surface area contributed by atoms with Crippen LogP contribution in [0.2, 0.25) is 0 Å². The van der Waals surface area contributed by atoms with Gasteiger partial charge in [-0.1, -0.05) is 54.6 Å². The number of hydrogen-bond acceptors (Lipinski definition) is 3. The van der Waals surface area contributed by atoms with Gasteiger partial charge in [-0.15, -0.1) is 0 Å². The number of likely N-dealkylation sites (N-methyl/N-ethyl adjacent to an activating group) is 1. The van der Waals surface area contributed by atoms with Gasteiger partial charge in [0.2, 0.25) is 0 Å². The Bertz CT molecular complexity index is 1030. The molecule has 1 fully saturated rings. The monoisotopic (exact) mass is 430 g/mol. The van der Waals surface area contributed by atoms with Crippen molar-refractivity contribution in [1.82, 2.24) is 10.2 Å². The lowest BCUT2D eigenvalue weighted by Gasteiger charge is -2.45. The first kappa shape index (κ1) is 22.3. The van der Waals surface area contributed by atoms with Crippen molar-refractivity contribution >= 4 is 5.91 Å². The van der Waals surface area contributed by atoms with E-state index in [4.69, 9.17) is 4.42 Å². The predicted molar refractivity (Wildman–Crippen MR) is 129 cm³/mol. The number of nitrogens with one attached hydrogen (secondary N) is 1. The standard InChI is InChI=1S/C28H34N2O2/c1-21-9-7-8-12-23(21)20-28(30(2)3)17-15-24(16-18-28)29-27(31)26-14-13-25(32-26)19-22-10-5-4-6-11-22/h4-14,24H,15-20H2,1-3H3,(H,29,31). The van der Waals surface area contributed by atoms with E-state index in [1.807, 2.05) is 24.3 Å². The molecule has 0 atom stereocenters. The molecule has 1 aliphatic rings. The smallest absolute Gasteiger partial charge is 0.287 e. The Morgan fingerprint density at radius 3 is 2.38 bits per heavy atom. The van der Waals surface area contributed by atoms with Crippen LogP contribution in [0.25, 0.3) is 0 Å². The Labute approximate surface area is 191 Å². The van der Waals surface area contributed by atoms with Crippen molar-refractivity contribution in [2.75, 3.05) is 14.1 Å². The van der Waals surface area contributed by atoms with E-state index in [-0.39, 0.29) is 17.5 Å². The summed E-state index contributed by atoms with van der Waals surface area (Å²) in [6.45, 7) is 2.19. The van der Waals surface area contributed by atoms with Crippen molar-refractivity contribution in [3.8, 4) is 0 Å². The summed E-state index contributed by atoms with van der Waals surface area (Å²) in [7, 11) is 4.38. The number of hydrogen-bond donors (Lipinski definition) is 1. The van der Waals surface area contributed by atoms with Crippen LogP contribution in [0.5, 0.6) is 0 Å². The Kier molecular flexibility index (Phi) is 6.80. The maximum atomic E-state index is 12.8. The van der Waals surface area contributed by atoms with Gasteiger partial charge < -0.3 is 14.6 Å². The molecule has 0 radical (unpaired) electrons. The van der Waals surface area contributed by atoms with Crippen molar-refractivity contribution in [2.45, 2.75) is 57.0 Å². The first-order valence-electron chi connectivity index (χ1n) is 11.6. The van der Waals surface area contributed by atoms with Gasteiger partial charge in [0.15, 0.2) is 5.76 Å². The zero-order valence-electron chi connectivity index (χ0n) is 19.4. The summed E-state index contributed by atoms with van der Waals surface area (Å²) in [5.74, 6) is 1.11. The second-order valence-electron chi connectivity index (χ2n) is 9.40. The molecule has 2 aromatic carbocycles. The largest absolute Gasteiger partial charge is 0.456 e. The number of carbonyl (C=O) groups excluding carboxylic acids is 1. The summed E-state index contributed by atoms with van der Waals surface area (Å²) in [5.41, 5.74) is 4.09. The third-order valence-electron chi connectivity index (χ3n) is 7.09. The van der Waals surface area contributed by atoms with Gasteiger partial charge in [-0.3, -0.25) is 4.79 Å². The lowest BCUT2D eigenvalue weighted by atomic mass is 9.74. The highest BCUT2D eigenvalue weighted by molar-refractivity contribution is 5.91. The van der Waals surface area contributed by atoms with Crippen LogP contribution in [0, 0.1) is 6.92 Å². The summed E-state index contributed by atoms with van der Waals surface area (Å²) < 4.78 is 5.84. The SMILES string of the molecule is Cc1ccccc1CC1(N(C)C)CCC(NC(=O)c2ccc(Cc3ccccc3)o2)CC1. The lowest BCUT2D eigenvalue weighted by molar-refractivity contribution is 0.0753. The highest BCUT2D eigenvalue weighted by Gasteiger charge is 2.38. The molecule has 168 valence electrons. The number of rotatable bonds is 7. The van der Waals surface area contributed by atoms with Crippen LogP contribution in [0.3, 0.4) is 0 Å². The molecule has 1 N–H and O–H groups in total. The van der Waals surface area contributed by atoms with E-state index in [1.54, 1.807) is 6.07 Å². The average molecular weight is 431 g/mol. The van der Waals surface area contributed by atoms with E-state index in [2.05, 4.69) is 67.6 Å². The van der Waals surface area contributed by atoms with Gasteiger partial charge in [0.25, 0.3) is 5.91 Å². The topological polar surface area (TPSA) is 45.5 Å². The van der Waals surface area contributed by atoms with E-state index in [0.717, 1.165) is 37.9 Å². The Balaban J connectivity index is 1.35. The number of aryl methyl sites for hydroxylation is 1. The van der Waals surface area contributed by atoms with E-state index >= 15 is 0 Å². The first-order valence-corrected chi connectivity index (χ1v) is 11.6. The molecule has 1 aliphatic carbocycles. The molecule has 0 unspecified atom stereocenters. The van der Waals surface area contributed by atoms with Gasteiger partial charge in [-0.25, -0.2) is 0 Å². The minimum absolute atomic E-state index is 0.106. The third-order valence-corrected chi connectivity index (χ3v) is 7.09. The van der Waals surface area contributed by atoms with Crippen molar-refractivity contribution in [2.24, 2.45) is 0 Å². The molecule has 4 rings (SSSR count). The molecule has 4 nitrogen and oxygen atoms in total. The van der Waals surface area contributed by atoms with Crippen LogP contribution < -0.4 is 5.32 Å². The van der Waals surface area contributed by atoms with Crippen molar-refractivity contribution < 1.29 is 9.21 Å². The molecule has 1 heterocycles. The lowest BCUT2D eigenvalue weighted by Crippen LogP contribution is -2.52. The van der Waals surface area contributed by atoms with Gasteiger partial charge in [-0.05, 0) is 81.9 Å². The second-order valence-corrected chi connectivity index (χ2v) is 9.40. The molecule has 4 heteroatoms. The number of carbonyl (C=O) groups is 1. The van der Waals surface area contributed by atoms with Crippen molar-refractivity contribution in [1.29, 1.82) is 0 Å². The zero-order chi connectivity index (χ0) is 22.6.